The summed E-state index contributed by atoms with van der Waals surface area (Å²) < 4.78 is 39.3. The number of aromatic amines is 1. The smallest absolute Gasteiger partial charge is 0.366 e. The van der Waals surface area contributed by atoms with Gasteiger partial charge in [-0.15, -0.1) is 0 Å². The summed E-state index contributed by atoms with van der Waals surface area (Å²) in [7, 11) is 0. The van der Waals surface area contributed by atoms with Crippen LogP contribution in [0.25, 0.3) is 21.8 Å². The summed E-state index contributed by atoms with van der Waals surface area (Å²) in [6.45, 7) is 2.14. The van der Waals surface area contributed by atoms with E-state index in [2.05, 4.69) is 10.3 Å². The Bertz CT molecular complexity index is 1260. The topological polar surface area (TPSA) is 127 Å². The fraction of sp³-hybridized carbons (Fsp3) is 0.300. The zero-order valence-corrected chi connectivity index (χ0v) is 16.5. The van der Waals surface area contributed by atoms with Crippen LogP contribution in [0.3, 0.4) is 0 Å². The molecule has 0 aliphatic carbocycles. The summed E-state index contributed by atoms with van der Waals surface area (Å²) in [6, 6.07) is 4.56. The molecule has 1 aromatic carbocycles. The van der Waals surface area contributed by atoms with Crippen molar-refractivity contribution in [2.24, 2.45) is 11.7 Å². The number of hydrogen-bond donors (Lipinski definition) is 3. The van der Waals surface area contributed by atoms with Crippen LogP contribution in [0.1, 0.15) is 24.2 Å². The van der Waals surface area contributed by atoms with Gasteiger partial charge in [0.15, 0.2) is 0 Å². The van der Waals surface area contributed by atoms with Crippen molar-refractivity contribution in [1.29, 1.82) is 0 Å². The van der Waals surface area contributed by atoms with E-state index in [0.717, 1.165) is 4.57 Å². The molecule has 0 bridgehead atoms. The Balaban J connectivity index is 1.94. The molecule has 3 rings (SSSR count). The molecular weight excluding hydrogens is 417 g/mol. The molecule has 8 nitrogen and oxygen atoms in total. The number of amides is 2. The minimum absolute atomic E-state index is 0.103. The van der Waals surface area contributed by atoms with Crippen LogP contribution in [0.5, 0.6) is 0 Å². The van der Waals surface area contributed by atoms with Crippen LogP contribution in [0, 0.1) is 5.92 Å². The van der Waals surface area contributed by atoms with Crippen molar-refractivity contribution in [3.8, 4) is 0 Å². The van der Waals surface area contributed by atoms with Crippen LogP contribution in [0.4, 0.5) is 13.2 Å². The summed E-state index contributed by atoms with van der Waals surface area (Å²) in [6.07, 6.45) is -3.79. The molecule has 0 aliphatic rings. The maximum atomic E-state index is 12.8. The van der Waals surface area contributed by atoms with Gasteiger partial charge in [-0.25, -0.2) is 0 Å². The Morgan fingerprint density at radius 2 is 1.77 bits per heavy atom. The summed E-state index contributed by atoms with van der Waals surface area (Å²) in [5, 5.41) is 3.13. The number of nitrogens with one attached hydrogen (secondary N) is 2. The maximum absolute atomic E-state index is 12.8. The standard InChI is InChI=1S/C20H19F3N4O4/c1-9(2)14(17(29)20(21,22)23)25-13(28)8-27-7-6-11-10-4-3-5-12(18(24)30)15(10)26-16(11)19(27)31/h3-7,9,14,26H,8H2,1-2H3,(H2,24,30)(H,25,28). The van der Waals surface area contributed by atoms with Crippen molar-refractivity contribution in [3.63, 3.8) is 0 Å². The Kier molecular flexibility index (Phi) is 5.62. The van der Waals surface area contributed by atoms with E-state index in [4.69, 9.17) is 5.73 Å². The lowest BCUT2D eigenvalue weighted by molar-refractivity contribution is -0.174. The first-order chi connectivity index (χ1) is 14.4. The first-order valence-electron chi connectivity index (χ1n) is 9.26. The van der Waals surface area contributed by atoms with E-state index in [-0.39, 0.29) is 11.1 Å². The van der Waals surface area contributed by atoms with Gasteiger partial charge in [-0.1, -0.05) is 26.0 Å². The van der Waals surface area contributed by atoms with Crippen molar-refractivity contribution in [2.45, 2.75) is 32.6 Å². The molecule has 0 spiro atoms. The van der Waals surface area contributed by atoms with Crippen molar-refractivity contribution in [3.05, 3.63) is 46.4 Å². The number of hydrogen-bond acceptors (Lipinski definition) is 4. The number of H-pyrrole nitrogens is 1. The predicted octanol–water partition coefficient (Wildman–Crippen LogP) is 1.85. The van der Waals surface area contributed by atoms with Crippen LogP contribution < -0.4 is 16.6 Å². The predicted molar refractivity (Wildman–Crippen MR) is 106 cm³/mol. The summed E-state index contributed by atoms with van der Waals surface area (Å²) in [4.78, 5) is 51.2. The second kappa shape index (κ2) is 7.89. The molecule has 0 fully saturated rings. The Morgan fingerprint density at radius 3 is 2.35 bits per heavy atom. The first kappa shape index (κ1) is 22.1. The number of Topliss-reactive ketones (excluding diaryl/α,β-unsaturated/α-hetero) is 1. The highest BCUT2D eigenvalue weighted by Crippen LogP contribution is 2.25. The molecule has 0 radical (unpaired) electrons. The molecule has 4 N–H and O–H groups in total. The third-order valence-electron chi connectivity index (χ3n) is 4.89. The zero-order chi connectivity index (χ0) is 23.1. The van der Waals surface area contributed by atoms with Crippen LogP contribution in [0.2, 0.25) is 0 Å². The normalized spacial score (nSPS) is 13.0. The molecule has 0 saturated heterocycles. The van der Waals surface area contributed by atoms with E-state index in [0.29, 0.717) is 16.3 Å². The third kappa shape index (κ3) is 4.16. The van der Waals surface area contributed by atoms with Crippen molar-refractivity contribution < 1.29 is 27.6 Å². The van der Waals surface area contributed by atoms with Gasteiger partial charge in [-0.2, -0.15) is 13.2 Å². The Labute approximate surface area is 173 Å². The number of para-hydroxylation sites is 1. The van der Waals surface area contributed by atoms with Crippen LogP contribution in [0.15, 0.2) is 35.3 Å². The molecule has 2 aromatic heterocycles. The van der Waals surface area contributed by atoms with E-state index in [9.17, 15) is 32.3 Å². The monoisotopic (exact) mass is 436 g/mol. The number of ketones is 1. The number of rotatable bonds is 6. The number of carbonyl (C=O) groups is 3. The van der Waals surface area contributed by atoms with Gasteiger partial charge in [0, 0.05) is 17.0 Å². The number of primary amides is 1. The number of alkyl halides is 3. The van der Waals surface area contributed by atoms with Gasteiger partial charge in [0.1, 0.15) is 12.1 Å². The lowest BCUT2D eigenvalue weighted by Crippen LogP contribution is -2.50. The highest BCUT2D eigenvalue weighted by atomic mass is 19.4. The summed E-state index contributed by atoms with van der Waals surface area (Å²) in [5.74, 6) is -4.48. The lowest BCUT2D eigenvalue weighted by atomic mass is 9.99. The number of nitrogens with zero attached hydrogens (tertiary/aromatic N) is 1. The fourth-order valence-corrected chi connectivity index (χ4v) is 3.37. The number of aromatic nitrogens is 2. The minimum Gasteiger partial charge on any atom is -0.366 e. The SMILES string of the molecule is CC(C)C(NC(=O)Cn1ccc2c([nH]c3c(C(N)=O)cccc32)c1=O)C(=O)C(F)(F)F. The summed E-state index contributed by atoms with van der Waals surface area (Å²) in [5.41, 5.74) is 5.38. The molecule has 31 heavy (non-hydrogen) atoms. The van der Waals surface area contributed by atoms with Gasteiger partial charge >= 0.3 is 6.18 Å². The number of nitrogens with two attached hydrogens (primary N) is 1. The molecule has 11 heteroatoms. The Morgan fingerprint density at radius 1 is 1.13 bits per heavy atom. The van der Waals surface area contributed by atoms with Gasteiger partial charge in [0.2, 0.25) is 5.91 Å². The fourth-order valence-electron chi connectivity index (χ4n) is 3.37. The van der Waals surface area contributed by atoms with E-state index in [1.165, 1.54) is 32.2 Å². The largest absolute Gasteiger partial charge is 0.452 e. The highest BCUT2D eigenvalue weighted by Gasteiger charge is 2.44. The highest BCUT2D eigenvalue weighted by molar-refractivity contribution is 6.14. The molecule has 164 valence electrons. The average molecular weight is 436 g/mol. The van der Waals surface area contributed by atoms with Crippen molar-refractivity contribution in [2.75, 3.05) is 0 Å². The average Bonchev–Trinajstić information content (AvgIpc) is 3.06. The van der Waals surface area contributed by atoms with E-state index in [1.807, 2.05) is 0 Å². The summed E-state index contributed by atoms with van der Waals surface area (Å²) >= 11 is 0. The van der Waals surface area contributed by atoms with Gasteiger partial charge < -0.3 is 20.6 Å². The number of fused-ring (bicyclic) bond motifs is 3. The molecule has 0 aliphatic heterocycles. The number of benzene rings is 1. The van der Waals surface area contributed by atoms with Gasteiger partial charge in [0.25, 0.3) is 17.2 Å². The van der Waals surface area contributed by atoms with Crippen molar-refractivity contribution in [1.82, 2.24) is 14.9 Å². The van der Waals surface area contributed by atoms with Crippen molar-refractivity contribution >= 4 is 39.4 Å². The molecule has 2 amide bonds. The van der Waals surface area contributed by atoms with Crippen LogP contribution in [-0.2, 0) is 16.1 Å². The molecule has 3 aromatic rings. The van der Waals surface area contributed by atoms with Gasteiger partial charge in [-0.05, 0) is 18.1 Å². The van der Waals surface area contributed by atoms with Gasteiger partial charge in [-0.3, -0.25) is 19.2 Å². The second-order valence-electron chi connectivity index (χ2n) is 7.41. The van der Waals surface area contributed by atoms with Crippen LogP contribution >= 0.6 is 0 Å². The molecule has 1 atom stereocenters. The first-order valence-corrected chi connectivity index (χ1v) is 9.26. The van der Waals surface area contributed by atoms with E-state index < -0.39 is 47.8 Å². The number of halogens is 3. The van der Waals surface area contributed by atoms with Gasteiger partial charge in [0.05, 0.1) is 17.1 Å². The minimum atomic E-state index is -5.10. The number of carbonyl (C=O) groups excluding carboxylic acids is 3. The zero-order valence-electron chi connectivity index (χ0n) is 16.5. The van der Waals surface area contributed by atoms with Crippen LogP contribution in [-0.4, -0.2) is 39.4 Å². The van der Waals surface area contributed by atoms with E-state index >= 15 is 0 Å². The molecule has 2 heterocycles. The number of pyridine rings is 1. The maximum Gasteiger partial charge on any atom is 0.452 e. The lowest BCUT2D eigenvalue weighted by Gasteiger charge is -2.22. The molecule has 1 unspecified atom stereocenters. The third-order valence-corrected chi connectivity index (χ3v) is 4.89. The Hall–Kier alpha value is -3.63. The molecular formula is C20H19F3N4O4. The quantitative estimate of drug-likeness (QED) is 0.545. The van der Waals surface area contributed by atoms with E-state index in [1.54, 1.807) is 12.1 Å². The molecule has 0 saturated carbocycles. The second-order valence-corrected chi connectivity index (χ2v) is 7.41.